The fourth-order valence-corrected chi connectivity index (χ4v) is 3.01. The summed E-state index contributed by atoms with van der Waals surface area (Å²) in [5, 5.41) is 0. The van der Waals surface area contributed by atoms with Crippen LogP contribution < -0.4 is 4.74 Å². The average Bonchev–Trinajstić information content (AvgIpc) is 2.65. The van der Waals surface area contributed by atoms with Crippen molar-refractivity contribution in [2.24, 2.45) is 11.8 Å². The Labute approximate surface area is 142 Å². The van der Waals surface area contributed by atoms with Gasteiger partial charge in [0.1, 0.15) is 5.75 Å². The van der Waals surface area contributed by atoms with Gasteiger partial charge in [0.2, 0.25) is 0 Å². The number of esters is 2. The summed E-state index contributed by atoms with van der Waals surface area (Å²) in [7, 11) is 2.93. The van der Waals surface area contributed by atoms with Crippen molar-refractivity contribution >= 4 is 11.9 Å². The Bertz CT molecular complexity index is 623. The Balaban J connectivity index is 1.98. The predicted octanol–water partition coefficient (Wildman–Crippen LogP) is 2.89. The Kier molecular flexibility index (Phi) is 6.25. The number of terminal acetylenes is 1. The Morgan fingerprint density at radius 1 is 1.08 bits per heavy atom. The van der Waals surface area contributed by atoms with E-state index in [2.05, 4.69) is 5.92 Å². The maximum absolute atomic E-state index is 12.4. The molecule has 1 fully saturated rings. The largest absolute Gasteiger partial charge is 0.496 e. The van der Waals surface area contributed by atoms with E-state index < -0.39 is 6.10 Å². The summed E-state index contributed by atoms with van der Waals surface area (Å²) < 4.78 is 15.5. The quantitative estimate of drug-likeness (QED) is 0.614. The monoisotopic (exact) mass is 330 g/mol. The van der Waals surface area contributed by atoms with Crippen molar-refractivity contribution in [2.45, 2.75) is 31.8 Å². The number of carbonyl (C=O) groups excluding carboxylic acids is 2. The summed E-state index contributed by atoms with van der Waals surface area (Å²) in [4.78, 5) is 24.0. The SMILES string of the molecule is C#CC(OC(=O)C1CCC(C(=O)OC)CC1)c1ccccc1OC. The van der Waals surface area contributed by atoms with Crippen LogP contribution in [0.1, 0.15) is 37.4 Å². The van der Waals surface area contributed by atoms with Crippen molar-refractivity contribution in [2.75, 3.05) is 14.2 Å². The molecule has 0 saturated heterocycles. The number of ether oxygens (including phenoxy) is 3. The molecule has 0 N–H and O–H groups in total. The van der Waals surface area contributed by atoms with Gasteiger partial charge in [0, 0.05) is 5.56 Å². The molecule has 0 heterocycles. The molecule has 0 aromatic heterocycles. The number of para-hydroxylation sites is 1. The lowest BCUT2D eigenvalue weighted by Gasteiger charge is -2.26. The molecule has 0 bridgehead atoms. The van der Waals surface area contributed by atoms with Crippen LogP contribution in [-0.2, 0) is 19.1 Å². The van der Waals surface area contributed by atoms with Gasteiger partial charge in [-0.05, 0) is 31.7 Å². The van der Waals surface area contributed by atoms with Crippen molar-refractivity contribution in [3.05, 3.63) is 29.8 Å². The summed E-state index contributed by atoms with van der Waals surface area (Å²) in [6, 6.07) is 7.20. The van der Waals surface area contributed by atoms with E-state index in [1.165, 1.54) is 7.11 Å². The zero-order valence-corrected chi connectivity index (χ0v) is 14.0. The van der Waals surface area contributed by atoms with Crippen LogP contribution in [0.25, 0.3) is 0 Å². The lowest BCUT2D eigenvalue weighted by Crippen LogP contribution is -2.28. The molecule has 24 heavy (non-hydrogen) atoms. The lowest BCUT2D eigenvalue weighted by atomic mass is 9.82. The van der Waals surface area contributed by atoms with Gasteiger partial charge in [0.25, 0.3) is 0 Å². The van der Waals surface area contributed by atoms with E-state index in [-0.39, 0.29) is 23.8 Å². The minimum absolute atomic E-state index is 0.128. The van der Waals surface area contributed by atoms with Crippen LogP contribution in [0.4, 0.5) is 0 Å². The number of hydrogen-bond donors (Lipinski definition) is 0. The van der Waals surface area contributed by atoms with Crippen molar-refractivity contribution in [1.29, 1.82) is 0 Å². The van der Waals surface area contributed by atoms with E-state index in [1.807, 2.05) is 12.1 Å². The molecule has 2 rings (SSSR count). The van der Waals surface area contributed by atoms with Crippen LogP contribution >= 0.6 is 0 Å². The van der Waals surface area contributed by atoms with Crippen LogP contribution in [0.5, 0.6) is 5.75 Å². The Hall–Kier alpha value is -2.48. The molecule has 0 radical (unpaired) electrons. The lowest BCUT2D eigenvalue weighted by molar-refractivity contribution is -0.156. The topological polar surface area (TPSA) is 61.8 Å². The van der Waals surface area contributed by atoms with Gasteiger partial charge < -0.3 is 14.2 Å². The van der Waals surface area contributed by atoms with Gasteiger partial charge in [0.15, 0.2) is 6.10 Å². The average molecular weight is 330 g/mol. The first kappa shape index (κ1) is 17.9. The van der Waals surface area contributed by atoms with Crippen LogP contribution in [-0.4, -0.2) is 26.2 Å². The number of benzene rings is 1. The maximum atomic E-state index is 12.4. The molecular weight excluding hydrogens is 308 g/mol. The minimum Gasteiger partial charge on any atom is -0.496 e. The normalized spacial score (nSPS) is 21.2. The second kappa shape index (κ2) is 8.39. The smallest absolute Gasteiger partial charge is 0.310 e. The minimum atomic E-state index is -0.785. The highest BCUT2D eigenvalue weighted by Crippen LogP contribution is 2.33. The third-order valence-electron chi connectivity index (χ3n) is 4.40. The van der Waals surface area contributed by atoms with Gasteiger partial charge in [-0.15, -0.1) is 6.42 Å². The molecule has 0 aliphatic heterocycles. The molecule has 1 atom stereocenters. The first-order valence-electron chi connectivity index (χ1n) is 7.98. The highest BCUT2D eigenvalue weighted by Gasteiger charge is 2.32. The van der Waals surface area contributed by atoms with Gasteiger partial charge in [-0.1, -0.05) is 24.1 Å². The van der Waals surface area contributed by atoms with Crippen molar-refractivity contribution in [3.8, 4) is 18.1 Å². The number of carbonyl (C=O) groups is 2. The van der Waals surface area contributed by atoms with Crippen LogP contribution in [0.3, 0.4) is 0 Å². The fourth-order valence-electron chi connectivity index (χ4n) is 3.01. The van der Waals surface area contributed by atoms with Gasteiger partial charge >= 0.3 is 11.9 Å². The zero-order valence-electron chi connectivity index (χ0n) is 14.0. The van der Waals surface area contributed by atoms with Gasteiger partial charge in [-0.2, -0.15) is 0 Å². The summed E-state index contributed by atoms with van der Waals surface area (Å²) in [6.07, 6.45) is 7.21. The maximum Gasteiger partial charge on any atom is 0.310 e. The van der Waals surface area contributed by atoms with E-state index >= 15 is 0 Å². The Morgan fingerprint density at radius 2 is 1.67 bits per heavy atom. The highest BCUT2D eigenvalue weighted by molar-refractivity contribution is 5.75. The first-order valence-corrected chi connectivity index (χ1v) is 7.98. The zero-order chi connectivity index (χ0) is 17.5. The summed E-state index contributed by atoms with van der Waals surface area (Å²) in [6.45, 7) is 0. The third-order valence-corrected chi connectivity index (χ3v) is 4.40. The molecular formula is C19H22O5. The van der Waals surface area contributed by atoms with Crippen molar-refractivity contribution in [3.63, 3.8) is 0 Å². The van der Waals surface area contributed by atoms with E-state index in [9.17, 15) is 9.59 Å². The van der Waals surface area contributed by atoms with E-state index in [0.717, 1.165) is 0 Å². The van der Waals surface area contributed by atoms with Crippen LogP contribution in [0.2, 0.25) is 0 Å². The molecule has 1 aromatic carbocycles. The molecule has 1 aromatic rings. The molecule has 1 unspecified atom stereocenters. The van der Waals surface area contributed by atoms with Crippen molar-refractivity contribution in [1.82, 2.24) is 0 Å². The molecule has 128 valence electrons. The predicted molar refractivity (Wildman–Crippen MR) is 88.1 cm³/mol. The van der Waals surface area contributed by atoms with Crippen molar-refractivity contribution < 1.29 is 23.8 Å². The van der Waals surface area contributed by atoms with Gasteiger partial charge in [-0.25, -0.2) is 0 Å². The molecule has 0 amide bonds. The fraction of sp³-hybridized carbons (Fsp3) is 0.474. The molecule has 1 aliphatic rings. The summed E-state index contributed by atoms with van der Waals surface area (Å²) >= 11 is 0. The second-order valence-electron chi connectivity index (χ2n) is 5.80. The van der Waals surface area contributed by atoms with Gasteiger partial charge in [-0.3, -0.25) is 9.59 Å². The van der Waals surface area contributed by atoms with E-state index in [0.29, 0.717) is 37.0 Å². The number of methoxy groups -OCH3 is 2. The number of hydrogen-bond acceptors (Lipinski definition) is 5. The highest BCUT2D eigenvalue weighted by atomic mass is 16.5. The van der Waals surface area contributed by atoms with Crippen LogP contribution in [0.15, 0.2) is 24.3 Å². The van der Waals surface area contributed by atoms with Gasteiger partial charge in [0.05, 0.1) is 26.1 Å². The van der Waals surface area contributed by atoms with E-state index in [4.69, 9.17) is 20.6 Å². The number of rotatable bonds is 5. The summed E-state index contributed by atoms with van der Waals surface area (Å²) in [5.74, 6) is 2.18. The molecule has 1 saturated carbocycles. The van der Waals surface area contributed by atoms with Crippen LogP contribution in [0, 0.1) is 24.2 Å². The Morgan fingerprint density at radius 3 is 2.21 bits per heavy atom. The molecule has 5 heteroatoms. The molecule has 0 spiro atoms. The molecule has 1 aliphatic carbocycles. The third kappa shape index (κ3) is 4.08. The standard InChI is InChI=1S/C19H22O5/c1-4-16(15-7-5-6-8-17(15)22-2)24-19(21)14-11-9-13(10-12-14)18(20)23-3/h1,5-8,13-14,16H,9-12H2,2-3H3. The summed E-state index contributed by atoms with van der Waals surface area (Å²) in [5.41, 5.74) is 0.652. The first-order chi connectivity index (χ1) is 11.6. The van der Waals surface area contributed by atoms with E-state index in [1.54, 1.807) is 19.2 Å². The molecule has 5 nitrogen and oxygen atoms in total. The second-order valence-corrected chi connectivity index (χ2v) is 5.80.